The number of rotatable bonds is 8. The quantitative estimate of drug-likeness (QED) is 0.740. The molecule has 0 bridgehead atoms. The minimum atomic E-state index is 0.632. The number of anilines is 1. The van der Waals surface area contributed by atoms with E-state index in [0.29, 0.717) is 24.8 Å². The molecule has 102 valence electrons. The molecule has 0 spiro atoms. The van der Waals surface area contributed by atoms with Gasteiger partial charge in [0.15, 0.2) is 0 Å². The first-order valence-electron chi connectivity index (χ1n) is 5.91. The van der Waals surface area contributed by atoms with Crippen LogP contribution in [-0.4, -0.2) is 33.5 Å². The van der Waals surface area contributed by atoms with Gasteiger partial charge in [-0.2, -0.15) is 0 Å². The van der Waals surface area contributed by atoms with E-state index in [2.05, 4.69) is 5.32 Å². The highest BCUT2D eigenvalue weighted by Crippen LogP contribution is 2.28. The normalized spacial score (nSPS) is 10.7. The molecule has 0 saturated heterocycles. The van der Waals surface area contributed by atoms with Gasteiger partial charge in [0.2, 0.25) is 0 Å². The molecular formula is C13H19Cl2NO2. The Kier molecular flexibility index (Phi) is 7.44. The third-order valence-corrected chi connectivity index (χ3v) is 3.18. The molecule has 0 unspecified atom stereocenters. The molecule has 0 heterocycles. The molecule has 0 atom stereocenters. The molecule has 0 aromatic heterocycles. The lowest BCUT2D eigenvalue weighted by Gasteiger charge is -2.10. The number of halogens is 2. The molecule has 0 aliphatic carbocycles. The van der Waals surface area contributed by atoms with Crippen molar-refractivity contribution >= 4 is 28.9 Å². The van der Waals surface area contributed by atoms with Gasteiger partial charge in [0.05, 0.1) is 23.9 Å². The van der Waals surface area contributed by atoms with Crippen LogP contribution in [0.5, 0.6) is 0 Å². The Morgan fingerprint density at radius 3 is 2.61 bits per heavy atom. The Bertz CT molecular complexity index is 372. The predicted octanol–water partition coefficient (Wildman–Crippen LogP) is 3.77. The van der Waals surface area contributed by atoms with E-state index in [4.69, 9.17) is 32.7 Å². The minimum Gasteiger partial charge on any atom is -0.384 e. The smallest absolute Gasteiger partial charge is 0.0700 e. The van der Waals surface area contributed by atoms with E-state index < -0.39 is 0 Å². The molecule has 0 fully saturated rings. The van der Waals surface area contributed by atoms with Crippen LogP contribution in [0.25, 0.3) is 0 Å². The number of hydrogen-bond acceptors (Lipinski definition) is 3. The summed E-state index contributed by atoms with van der Waals surface area (Å²) in [6.45, 7) is 4.70. The fourth-order valence-corrected chi connectivity index (χ4v) is 1.87. The largest absolute Gasteiger partial charge is 0.384 e. The second-order valence-electron chi connectivity index (χ2n) is 3.97. The van der Waals surface area contributed by atoms with Crippen LogP contribution in [0.1, 0.15) is 12.0 Å². The molecule has 1 aromatic carbocycles. The van der Waals surface area contributed by atoms with E-state index in [1.807, 2.05) is 19.1 Å². The maximum atomic E-state index is 6.11. The lowest BCUT2D eigenvalue weighted by atomic mass is 10.2. The summed E-state index contributed by atoms with van der Waals surface area (Å²) in [6, 6.07) is 3.71. The van der Waals surface area contributed by atoms with E-state index >= 15 is 0 Å². The fraction of sp³-hybridized carbons (Fsp3) is 0.538. The summed E-state index contributed by atoms with van der Waals surface area (Å²) in [5.74, 6) is 0. The van der Waals surface area contributed by atoms with Gasteiger partial charge in [-0.05, 0) is 31.0 Å². The lowest BCUT2D eigenvalue weighted by molar-refractivity contribution is 0.0705. The van der Waals surface area contributed by atoms with Gasteiger partial charge in [-0.15, -0.1) is 0 Å². The average Bonchev–Trinajstić information content (AvgIpc) is 2.34. The third-order valence-electron chi connectivity index (χ3n) is 2.46. The molecule has 5 heteroatoms. The van der Waals surface area contributed by atoms with Crippen molar-refractivity contribution in [1.29, 1.82) is 0 Å². The number of benzene rings is 1. The SMILES string of the molecule is COCCOCCCNc1cc(Cl)c(C)cc1Cl. The average molecular weight is 292 g/mol. The number of methoxy groups -OCH3 is 1. The maximum Gasteiger partial charge on any atom is 0.0700 e. The highest BCUT2D eigenvalue weighted by atomic mass is 35.5. The van der Waals surface area contributed by atoms with Gasteiger partial charge in [0.25, 0.3) is 0 Å². The molecule has 1 aromatic rings. The number of nitrogens with one attached hydrogen (secondary N) is 1. The third kappa shape index (κ3) is 5.44. The summed E-state index contributed by atoms with van der Waals surface area (Å²) < 4.78 is 10.2. The number of aryl methyl sites for hydroxylation is 1. The van der Waals surface area contributed by atoms with Gasteiger partial charge in [-0.1, -0.05) is 23.2 Å². The summed E-state index contributed by atoms with van der Waals surface area (Å²) in [5, 5.41) is 4.66. The van der Waals surface area contributed by atoms with Gasteiger partial charge >= 0.3 is 0 Å². The van der Waals surface area contributed by atoms with Crippen LogP contribution in [0.3, 0.4) is 0 Å². The van der Waals surface area contributed by atoms with Gasteiger partial charge in [-0.3, -0.25) is 0 Å². The Morgan fingerprint density at radius 1 is 1.11 bits per heavy atom. The summed E-state index contributed by atoms with van der Waals surface area (Å²) in [5.41, 5.74) is 1.85. The van der Waals surface area contributed by atoms with Crippen molar-refractivity contribution in [2.75, 3.05) is 38.8 Å². The van der Waals surface area contributed by atoms with Crippen LogP contribution in [0.2, 0.25) is 10.0 Å². The van der Waals surface area contributed by atoms with E-state index in [1.165, 1.54) is 0 Å². The zero-order chi connectivity index (χ0) is 13.4. The van der Waals surface area contributed by atoms with Gasteiger partial charge < -0.3 is 14.8 Å². The van der Waals surface area contributed by atoms with Crippen LogP contribution in [0.4, 0.5) is 5.69 Å². The monoisotopic (exact) mass is 291 g/mol. The first kappa shape index (κ1) is 15.6. The fourth-order valence-electron chi connectivity index (χ4n) is 1.42. The topological polar surface area (TPSA) is 30.5 Å². The standard InChI is InChI=1S/C13H19Cl2NO2/c1-10-8-12(15)13(9-11(10)14)16-4-3-5-18-7-6-17-2/h8-9,16H,3-7H2,1-2H3. The molecule has 0 radical (unpaired) electrons. The Morgan fingerprint density at radius 2 is 1.89 bits per heavy atom. The molecule has 0 amide bonds. The van der Waals surface area contributed by atoms with Crippen LogP contribution in [0, 0.1) is 6.92 Å². The zero-order valence-electron chi connectivity index (χ0n) is 10.8. The van der Waals surface area contributed by atoms with Gasteiger partial charge in [0, 0.05) is 25.3 Å². The Labute approximate surface area is 118 Å². The molecule has 18 heavy (non-hydrogen) atoms. The molecule has 1 N–H and O–H groups in total. The number of hydrogen-bond donors (Lipinski definition) is 1. The summed E-state index contributed by atoms with van der Waals surface area (Å²) >= 11 is 12.2. The van der Waals surface area contributed by atoms with Crippen molar-refractivity contribution in [2.45, 2.75) is 13.3 Å². The van der Waals surface area contributed by atoms with Crippen molar-refractivity contribution in [3.05, 3.63) is 27.7 Å². The van der Waals surface area contributed by atoms with Crippen molar-refractivity contribution in [2.24, 2.45) is 0 Å². The maximum absolute atomic E-state index is 6.11. The van der Waals surface area contributed by atoms with E-state index in [0.717, 1.165) is 29.2 Å². The van der Waals surface area contributed by atoms with Gasteiger partial charge in [0.1, 0.15) is 0 Å². The Balaban J connectivity index is 2.25. The highest BCUT2D eigenvalue weighted by Gasteiger charge is 2.03. The molecule has 0 aliphatic heterocycles. The summed E-state index contributed by atoms with van der Waals surface area (Å²) in [6.07, 6.45) is 0.908. The molecule has 1 rings (SSSR count). The van der Waals surface area contributed by atoms with Crippen LogP contribution in [0.15, 0.2) is 12.1 Å². The zero-order valence-corrected chi connectivity index (χ0v) is 12.3. The molecule has 3 nitrogen and oxygen atoms in total. The first-order chi connectivity index (χ1) is 8.65. The van der Waals surface area contributed by atoms with Crippen LogP contribution >= 0.6 is 23.2 Å². The minimum absolute atomic E-state index is 0.632. The van der Waals surface area contributed by atoms with Crippen LogP contribution in [-0.2, 0) is 9.47 Å². The summed E-state index contributed by atoms with van der Waals surface area (Å²) in [4.78, 5) is 0. The Hall–Kier alpha value is -0.480. The van der Waals surface area contributed by atoms with E-state index in [-0.39, 0.29) is 0 Å². The van der Waals surface area contributed by atoms with Crippen molar-refractivity contribution in [1.82, 2.24) is 0 Å². The van der Waals surface area contributed by atoms with Crippen LogP contribution < -0.4 is 5.32 Å². The summed E-state index contributed by atoms with van der Waals surface area (Å²) in [7, 11) is 1.66. The predicted molar refractivity (Wildman–Crippen MR) is 77.0 cm³/mol. The highest BCUT2D eigenvalue weighted by molar-refractivity contribution is 6.35. The van der Waals surface area contributed by atoms with Crippen molar-refractivity contribution in [3.63, 3.8) is 0 Å². The lowest BCUT2D eigenvalue weighted by Crippen LogP contribution is -2.08. The molecule has 0 aliphatic rings. The molecule has 0 saturated carbocycles. The van der Waals surface area contributed by atoms with Crippen molar-refractivity contribution < 1.29 is 9.47 Å². The first-order valence-corrected chi connectivity index (χ1v) is 6.67. The number of ether oxygens (including phenoxy) is 2. The second-order valence-corrected chi connectivity index (χ2v) is 4.78. The molecular weight excluding hydrogens is 273 g/mol. The van der Waals surface area contributed by atoms with Gasteiger partial charge in [-0.25, -0.2) is 0 Å². The second kappa shape index (κ2) is 8.59. The van der Waals surface area contributed by atoms with E-state index in [9.17, 15) is 0 Å². The van der Waals surface area contributed by atoms with E-state index in [1.54, 1.807) is 7.11 Å². The van der Waals surface area contributed by atoms with Crippen molar-refractivity contribution in [3.8, 4) is 0 Å².